The first-order valence-corrected chi connectivity index (χ1v) is 8.76. The lowest BCUT2D eigenvalue weighted by Crippen LogP contribution is -2.37. The van der Waals surface area contributed by atoms with Gasteiger partial charge < -0.3 is 24.7 Å². The minimum Gasteiger partial charge on any atom is -0.550 e. The van der Waals surface area contributed by atoms with Gasteiger partial charge in [0.15, 0.2) is 11.5 Å². The van der Waals surface area contributed by atoms with E-state index in [-0.39, 0.29) is 18.7 Å². The van der Waals surface area contributed by atoms with Gasteiger partial charge >= 0.3 is 0 Å². The molecule has 2 rings (SSSR count). The second kappa shape index (κ2) is 10.2. The summed E-state index contributed by atoms with van der Waals surface area (Å²) < 4.78 is 10.4. The summed E-state index contributed by atoms with van der Waals surface area (Å²) in [7, 11) is 3.14. The van der Waals surface area contributed by atoms with E-state index in [1.54, 1.807) is 14.2 Å². The standard InChI is InChI=1S/C21H25NO5/c1-26-18-9-8-16(13-19(18)27-2)10-11-22-20(23)14-17(21(24)25)12-15-6-4-3-5-7-15/h3-9,13,17H,10-12,14H2,1-2H3,(H,22,23)(H,24,25)/p-1/t17-/m1/s1. The Bertz CT molecular complexity index is 760. The van der Waals surface area contributed by atoms with Gasteiger partial charge in [-0.15, -0.1) is 0 Å². The molecular formula is C21H24NO5-. The summed E-state index contributed by atoms with van der Waals surface area (Å²) in [5, 5.41) is 14.1. The minimum absolute atomic E-state index is 0.108. The van der Waals surface area contributed by atoms with Crippen LogP contribution in [0.3, 0.4) is 0 Å². The number of hydrogen-bond acceptors (Lipinski definition) is 5. The minimum atomic E-state index is -1.21. The molecule has 0 bridgehead atoms. The van der Waals surface area contributed by atoms with Gasteiger partial charge in [0.25, 0.3) is 0 Å². The van der Waals surface area contributed by atoms with Crippen molar-refractivity contribution < 1.29 is 24.2 Å². The van der Waals surface area contributed by atoms with E-state index in [2.05, 4.69) is 5.32 Å². The number of hydrogen-bond donors (Lipinski definition) is 1. The maximum absolute atomic E-state index is 12.1. The molecule has 0 saturated carbocycles. The number of ether oxygens (including phenoxy) is 2. The molecule has 0 aliphatic carbocycles. The smallest absolute Gasteiger partial charge is 0.220 e. The van der Waals surface area contributed by atoms with Gasteiger partial charge in [0.1, 0.15) is 0 Å². The van der Waals surface area contributed by atoms with E-state index < -0.39 is 11.9 Å². The van der Waals surface area contributed by atoms with Crippen LogP contribution >= 0.6 is 0 Å². The van der Waals surface area contributed by atoms with E-state index in [0.29, 0.717) is 24.5 Å². The number of methoxy groups -OCH3 is 2. The van der Waals surface area contributed by atoms with Crippen LogP contribution in [0.4, 0.5) is 0 Å². The summed E-state index contributed by atoms with van der Waals surface area (Å²) in [4.78, 5) is 23.5. The van der Waals surface area contributed by atoms with Gasteiger partial charge in [0.2, 0.25) is 5.91 Å². The number of carbonyl (C=O) groups excluding carboxylic acids is 2. The first kappa shape index (κ1) is 20.3. The Morgan fingerprint density at radius 2 is 1.70 bits per heavy atom. The van der Waals surface area contributed by atoms with E-state index in [9.17, 15) is 14.7 Å². The van der Waals surface area contributed by atoms with Gasteiger partial charge in [-0.2, -0.15) is 0 Å². The molecule has 27 heavy (non-hydrogen) atoms. The van der Waals surface area contributed by atoms with Crippen LogP contribution in [0, 0.1) is 5.92 Å². The highest BCUT2D eigenvalue weighted by atomic mass is 16.5. The summed E-state index contributed by atoms with van der Waals surface area (Å²) in [6.45, 7) is 0.402. The maximum Gasteiger partial charge on any atom is 0.220 e. The van der Waals surface area contributed by atoms with Gasteiger partial charge in [-0.25, -0.2) is 0 Å². The zero-order valence-electron chi connectivity index (χ0n) is 15.6. The molecule has 1 atom stereocenters. The molecular weight excluding hydrogens is 346 g/mol. The Balaban J connectivity index is 1.84. The maximum atomic E-state index is 12.1. The molecule has 0 aromatic heterocycles. The molecule has 6 nitrogen and oxygen atoms in total. The average molecular weight is 370 g/mol. The Morgan fingerprint density at radius 3 is 2.33 bits per heavy atom. The van der Waals surface area contributed by atoms with Crippen LogP contribution in [0.5, 0.6) is 11.5 Å². The van der Waals surface area contributed by atoms with Gasteiger partial charge in [0.05, 0.1) is 14.2 Å². The Labute approximate surface area is 159 Å². The molecule has 2 aromatic rings. The quantitative estimate of drug-likeness (QED) is 0.682. The highest BCUT2D eigenvalue weighted by Crippen LogP contribution is 2.27. The fourth-order valence-electron chi connectivity index (χ4n) is 2.82. The second-order valence-corrected chi connectivity index (χ2v) is 6.20. The molecule has 1 amide bonds. The molecule has 0 unspecified atom stereocenters. The van der Waals surface area contributed by atoms with Crippen molar-refractivity contribution in [3.63, 3.8) is 0 Å². The van der Waals surface area contributed by atoms with Gasteiger partial charge in [-0.05, 0) is 36.1 Å². The van der Waals surface area contributed by atoms with Crippen molar-refractivity contribution in [2.24, 2.45) is 5.92 Å². The lowest BCUT2D eigenvalue weighted by Gasteiger charge is -2.18. The topological polar surface area (TPSA) is 87.7 Å². The number of carboxylic acids is 1. The predicted octanol–water partition coefficient (Wildman–Crippen LogP) is 1.36. The molecule has 2 aromatic carbocycles. The number of benzene rings is 2. The molecule has 0 heterocycles. The average Bonchev–Trinajstić information content (AvgIpc) is 2.68. The normalized spacial score (nSPS) is 11.5. The summed E-state index contributed by atoms with van der Waals surface area (Å²) in [6.07, 6.45) is 0.760. The predicted molar refractivity (Wildman–Crippen MR) is 99.5 cm³/mol. The highest BCUT2D eigenvalue weighted by molar-refractivity contribution is 5.81. The van der Waals surface area contributed by atoms with Crippen molar-refractivity contribution in [2.45, 2.75) is 19.3 Å². The van der Waals surface area contributed by atoms with E-state index in [0.717, 1.165) is 11.1 Å². The van der Waals surface area contributed by atoms with Gasteiger partial charge in [-0.3, -0.25) is 4.79 Å². The lowest BCUT2D eigenvalue weighted by atomic mass is 9.96. The molecule has 0 fully saturated rings. The summed E-state index contributed by atoms with van der Waals surface area (Å²) in [5.74, 6) is -1.10. The fourth-order valence-corrected chi connectivity index (χ4v) is 2.82. The third-order valence-corrected chi connectivity index (χ3v) is 4.27. The number of aliphatic carboxylic acids is 1. The monoisotopic (exact) mass is 370 g/mol. The van der Waals surface area contributed by atoms with Crippen molar-refractivity contribution in [3.05, 3.63) is 59.7 Å². The van der Waals surface area contributed by atoms with Gasteiger partial charge in [0, 0.05) is 24.9 Å². The van der Waals surface area contributed by atoms with Gasteiger partial charge in [-0.1, -0.05) is 36.4 Å². The van der Waals surface area contributed by atoms with Crippen LogP contribution < -0.4 is 19.9 Å². The Morgan fingerprint density at radius 1 is 1.00 bits per heavy atom. The summed E-state index contributed by atoms with van der Waals surface area (Å²) in [6, 6.07) is 14.8. The molecule has 0 saturated heterocycles. The molecule has 6 heteroatoms. The molecule has 0 aliphatic rings. The van der Waals surface area contributed by atoms with E-state index >= 15 is 0 Å². The number of nitrogens with one attached hydrogen (secondary N) is 1. The molecule has 0 aliphatic heterocycles. The van der Waals surface area contributed by atoms with Crippen molar-refractivity contribution in [3.8, 4) is 11.5 Å². The third-order valence-electron chi connectivity index (χ3n) is 4.27. The summed E-state index contributed by atoms with van der Waals surface area (Å²) >= 11 is 0. The molecule has 1 N–H and O–H groups in total. The van der Waals surface area contributed by atoms with E-state index in [4.69, 9.17) is 9.47 Å². The van der Waals surface area contributed by atoms with Crippen molar-refractivity contribution in [2.75, 3.05) is 20.8 Å². The third kappa shape index (κ3) is 6.33. The van der Waals surface area contributed by atoms with Crippen LogP contribution in [0.25, 0.3) is 0 Å². The van der Waals surface area contributed by atoms with Crippen LogP contribution in [0.1, 0.15) is 17.5 Å². The SMILES string of the molecule is COc1ccc(CCNC(=O)C[C@@H](Cc2ccccc2)C(=O)[O-])cc1OC. The second-order valence-electron chi connectivity index (χ2n) is 6.20. The first-order chi connectivity index (χ1) is 13.0. The zero-order chi connectivity index (χ0) is 19.6. The first-order valence-electron chi connectivity index (χ1n) is 8.76. The van der Waals surface area contributed by atoms with Crippen molar-refractivity contribution >= 4 is 11.9 Å². The van der Waals surface area contributed by atoms with Crippen LogP contribution in [-0.4, -0.2) is 32.6 Å². The van der Waals surface area contributed by atoms with Crippen LogP contribution in [-0.2, 0) is 22.4 Å². The van der Waals surface area contributed by atoms with Crippen molar-refractivity contribution in [1.82, 2.24) is 5.32 Å². The van der Waals surface area contributed by atoms with Crippen molar-refractivity contribution in [1.29, 1.82) is 0 Å². The van der Waals surface area contributed by atoms with E-state index in [1.165, 1.54) is 0 Å². The zero-order valence-corrected chi connectivity index (χ0v) is 15.6. The number of amides is 1. The number of carbonyl (C=O) groups is 2. The Kier molecular flexibility index (Phi) is 7.67. The highest BCUT2D eigenvalue weighted by Gasteiger charge is 2.16. The molecule has 0 spiro atoms. The molecule has 0 radical (unpaired) electrons. The van der Waals surface area contributed by atoms with Crippen LogP contribution in [0.15, 0.2) is 48.5 Å². The van der Waals surface area contributed by atoms with Crippen LogP contribution in [0.2, 0.25) is 0 Å². The lowest BCUT2D eigenvalue weighted by molar-refractivity contribution is -0.311. The fraction of sp³-hybridized carbons (Fsp3) is 0.333. The summed E-state index contributed by atoms with van der Waals surface area (Å²) in [5.41, 5.74) is 1.85. The largest absolute Gasteiger partial charge is 0.550 e. The Hall–Kier alpha value is -3.02. The van der Waals surface area contributed by atoms with E-state index in [1.807, 2.05) is 48.5 Å². The number of carboxylic acid groups (broad SMARTS) is 1. The molecule has 144 valence electrons. The number of rotatable bonds is 10.